The molecule has 0 unspecified atom stereocenters. The highest BCUT2D eigenvalue weighted by Crippen LogP contribution is 1.77. The quantitative estimate of drug-likeness (QED) is 0.121. The van der Waals surface area contributed by atoms with Crippen molar-refractivity contribution in [1.82, 2.24) is 0 Å². The molecule has 0 heterocycles. The summed E-state index contributed by atoms with van der Waals surface area (Å²) in [5.41, 5.74) is 22.1. The van der Waals surface area contributed by atoms with E-state index in [-0.39, 0.29) is 67.5 Å². The van der Waals surface area contributed by atoms with Gasteiger partial charge in [-0.3, -0.25) is 0 Å². The first-order valence-corrected chi connectivity index (χ1v) is 13.2. The van der Waals surface area contributed by atoms with E-state index in [1.807, 2.05) is 0 Å². The van der Waals surface area contributed by atoms with Crippen LogP contribution in [0.1, 0.15) is 119 Å². The van der Waals surface area contributed by atoms with Crippen molar-refractivity contribution < 1.29 is 102 Å². The standard InChI is InChI=1S/6C4H11N.5ClH.H2O/c6*1-2-3-4-5;;;;;;/h6*2-5H2,1H3;5*1H;1H2. The van der Waals surface area contributed by atoms with Crippen LogP contribution in [0, 0.1) is 0 Å². The highest BCUT2D eigenvalue weighted by molar-refractivity contribution is 4.23. The lowest BCUT2D eigenvalue weighted by molar-refractivity contribution is -0.368. The zero-order valence-electron chi connectivity index (χ0n) is 25.3. The Balaban J connectivity index is -0.0000000186. The highest BCUT2D eigenvalue weighted by Gasteiger charge is 1.73. The van der Waals surface area contributed by atoms with Gasteiger partial charge in [0.2, 0.25) is 0 Å². The van der Waals surface area contributed by atoms with Crippen molar-refractivity contribution >= 4 is 0 Å². The summed E-state index contributed by atoms with van der Waals surface area (Å²) in [7, 11) is 0. The van der Waals surface area contributed by atoms with Crippen molar-refractivity contribution in [1.29, 1.82) is 0 Å². The molecule has 0 aliphatic heterocycles. The van der Waals surface area contributed by atoms with Crippen LogP contribution in [0.25, 0.3) is 0 Å². The number of halogens is 5. The van der Waals surface area contributed by atoms with E-state index in [0.29, 0.717) is 0 Å². The maximum absolute atomic E-state index is 3.68. The number of quaternary nitrogens is 6. The Hall–Kier alpha value is 1.17. The minimum atomic E-state index is 0. The summed E-state index contributed by atoms with van der Waals surface area (Å²) in [6.07, 6.45) is 15.4. The molecule has 36 heavy (non-hydrogen) atoms. The fraction of sp³-hybridized carbons (Fsp3) is 1.00. The lowest BCUT2D eigenvalue weighted by Gasteiger charge is -1.77. The number of hydrogen-bond acceptors (Lipinski definition) is 1. The molecule has 0 aliphatic rings. The van der Waals surface area contributed by atoms with Crippen LogP contribution in [0.4, 0.5) is 0 Å². The van der Waals surface area contributed by atoms with Crippen molar-refractivity contribution in [2.45, 2.75) is 119 Å². The Labute approximate surface area is 258 Å². The molecular weight excluding hydrogens is 566 g/mol. The molecule has 0 fully saturated rings. The minimum Gasteiger partial charge on any atom is -1.00 e. The normalized spacial score (nSPS) is 7.00. The SMILES string of the molecule is CCCC[NH3+].CCCC[NH3+].CCCC[NH3+].CCCC[NH3+].CCCC[NH3+].CCCC[NH3+].[Cl-].[Cl-].[Cl-].[Cl-].[Cl-].[OH-]. The van der Waals surface area contributed by atoms with E-state index in [9.17, 15) is 0 Å². The number of hydrogen-bond donors (Lipinski definition) is 6. The maximum Gasteiger partial charge on any atom is 0.0739 e. The molecule has 0 rings (SSSR count). The van der Waals surface area contributed by atoms with E-state index >= 15 is 0 Å². The van der Waals surface area contributed by atoms with Gasteiger partial charge in [-0.15, -0.1) is 0 Å². The molecule has 0 spiro atoms. The van der Waals surface area contributed by atoms with Gasteiger partial charge in [-0.05, 0) is 38.5 Å². The maximum atomic E-state index is 3.68. The van der Waals surface area contributed by atoms with E-state index < -0.39 is 0 Å². The topological polar surface area (TPSA) is 196 Å². The Morgan fingerprint density at radius 3 is 0.361 bits per heavy atom. The third-order valence-corrected chi connectivity index (χ3v) is 3.62. The summed E-state index contributed by atoms with van der Waals surface area (Å²) in [6, 6.07) is 0. The highest BCUT2D eigenvalue weighted by atomic mass is 35.5. The van der Waals surface area contributed by atoms with Gasteiger partial charge in [0.1, 0.15) is 0 Å². The zero-order valence-corrected chi connectivity index (χ0v) is 29.1. The first-order chi connectivity index (χ1) is 14.5. The van der Waals surface area contributed by atoms with Gasteiger partial charge < -0.3 is 102 Å². The van der Waals surface area contributed by atoms with Crippen LogP contribution in [-0.4, -0.2) is 44.7 Å². The first kappa shape index (κ1) is 76.8. The van der Waals surface area contributed by atoms with E-state index in [4.69, 9.17) is 0 Å². The molecule has 0 atom stereocenters. The molecule has 0 aliphatic carbocycles. The van der Waals surface area contributed by atoms with Crippen molar-refractivity contribution in [2.75, 3.05) is 39.3 Å². The van der Waals surface area contributed by atoms with Crippen LogP contribution in [-0.2, 0) is 0 Å². The van der Waals surface area contributed by atoms with Gasteiger partial charge in [0.05, 0.1) is 39.3 Å². The van der Waals surface area contributed by atoms with Crippen LogP contribution in [0.5, 0.6) is 0 Å². The summed E-state index contributed by atoms with van der Waals surface area (Å²) in [5, 5.41) is 0. The van der Waals surface area contributed by atoms with E-state index in [1.165, 1.54) is 77.0 Å². The zero-order chi connectivity index (χ0) is 24.7. The van der Waals surface area contributed by atoms with Gasteiger partial charge in [-0.25, -0.2) is 0 Å². The fourth-order valence-corrected chi connectivity index (χ4v) is 1.50. The fourth-order valence-electron chi connectivity index (χ4n) is 1.50. The number of rotatable bonds is 12. The van der Waals surface area contributed by atoms with Gasteiger partial charge in [0, 0.05) is 0 Å². The monoisotopic (exact) mass is 636 g/mol. The lowest BCUT2D eigenvalue weighted by Crippen LogP contribution is -3.00. The lowest BCUT2D eigenvalue weighted by atomic mass is 10.3. The molecule has 0 aromatic carbocycles. The molecule has 0 radical (unpaired) electrons. The average Bonchev–Trinajstić information content (AvgIpc) is 2.74. The van der Waals surface area contributed by atoms with E-state index in [2.05, 4.69) is 75.9 Å². The summed E-state index contributed by atoms with van der Waals surface area (Å²) in [6.45, 7) is 19.6. The van der Waals surface area contributed by atoms with E-state index in [1.54, 1.807) is 0 Å². The minimum absolute atomic E-state index is 0. The van der Waals surface area contributed by atoms with Crippen LogP contribution >= 0.6 is 0 Å². The molecule has 0 aromatic rings. The van der Waals surface area contributed by atoms with Gasteiger partial charge in [-0.2, -0.15) is 0 Å². The average molecular weight is 639 g/mol. The predicted octanol–water partition coefficient (Wildman–Crippen LogP) is -15.0. The van der Waals surface area contributed by atoms with Gasteiger partial charge in [-0.1, -0.05) is 80.1 Å². The predicted molar refractivity (Wildman–Crippen MR) is 138 cm³/mol. The number of unbranched alkanes of at least 4 members (excludes halogenated alkanes) is 6. The Bertz CT molecular complexity index is 141. The molecule has 0 bridgehead atoms. The largest absolute Gasteiger partial charge is 1.00 e. The van der Waals surface area contributed by atoms with Crippen LogP contribution in [0.2, 0.25) is 0 Å². The molecule has 240 valence electrons. The second kappa shape index (κ2) is 122. The summed E-state index contributed by atoms with van der Waals surface area (Å²) in [4.78, 5) is 0. The Morgan fingerprint density at radius 1 is 0.278 bits per heavy atom. The second-order valence-corrected chi connectivity index (χ2v) is 7.24. The van der Waals surface area contributed by atoms with Crippen LogP contribution in [0.3, 0.4) is 0 Å². The van der Waals surface area contributed by atoms with Gasteiger partial charge in [0.15, 0.2) is 0 Å². The van der Waals surface area contributed by atoms with Crippen molar-refractivity contribution in [3.8, 4) is 0 Å². The van der Waals surface area contributed by atoms with Crippen molar-refractivity contribution in [2.24, 2.45) is 0 Å². The smallest absolute Gasteiger partial charge is 0.0739 e. The Morgan fingerprint density at radius 2 is 0.361 bits per heavy atom. The van der Waals surface area contributed by atoms with Crippen molar-refractivity contribution in [3.63, 3.8) is 0 Å². The molecular formula is C24H73Cl5N6O. The molecule has 0 amide bonds. The molecule has 19 N–H and O–H groups in total. The van der Waals surface area contributed by atoms with Crippen LogP contribution < -0.4 is 96.4 Å². The Kier molecular flexibility index (Phi) is 260. The van der Waals surface area contributed by atoms with Gasteiger partial charge >= 0.3 is 0 Å². The molecule has 0 saturated carbocycles. The summed E-state index contributed by atoms with van der Waals surface area (Å²) in [5.74, 6) is 0. The third-order valence-electron chi connectivity index (χ3n) is 3.62. The van der Waals surface area contributed by atoms with Gasteiger partial charge in [0.25, 0.3) is 0 Å². The molecule has 0 aromatic heterocycles. The van der Waals surface area contributed by atoms with Crippen molar-refractivity contribution in [3.05, 3.63) is 0 Å². The summed E-state index contributed by atoms with van der Waals surface area (Å²) < 4.78 is 0. The van der Waals surface area contributed by atoms with Crippen LogP contribution in [0.15, 0.2) is 0 Å². The van der Waals surface area contributed by atoms with E-state index in [0.717, 1.165) is 39.3 Å². The second-order valence-electron chi connectivity index (χ2n) is 7.24. The molecule has 0 saturated heterocycles. The summed E-state index contributed by atoms with van der Waals surface area (Å²) >= 11 is 0. The third kappa shape index (κ3) is 237. The molecule has 12 heteroatoms. The molecule has 7 nitrogen and oxygen atoms in total. The first-order valence-electron chi connectivity index (χ1n) is 13.2.